The topological polar surface area (TPSA) is 68.3 Å². The van der Waals surface area contributed by atoms with E-state index in [0.29, 0.717) is 16.8 Å². The Morgan fingerprint density at radius 3 is 2.82 bits per heavy atom. The highest BCUT2D eigenvalue weighted by Crippen LogP contribution is 2.10. The van der Waals surface area contributed by atoms with Crippen LogP contribution in [0.25, 0.3) is 0 Å². The molecular weight excluding hydrogens is 288 g/mol. The summed E-state index contributed by atoms with van der Waals surface area (Å²) in [5, 5.41) is 2.64. The van der Waals surface area contributed by atoms with Crippen molar-refractivity contribution in [3.63, 3.8) is 0 Å². The zero-order valence-corrected chi connectivity index (χ0v) is 11.0. The molecule has 0 aliphatic rings. The molecule has 0 radical (unpaired) electrons. The molecule has 1 aromatic rings. The molecule has 1 N–H and O–H groups in total. The second-order valence-electron chi connectivity index (χ2n) is 3.32. The van der Waals surface area contributed by atoms with Crippen molar-refractivity contribution < 1.29 is 14.3 Å². The summed E-state index contributed by atoms with van der Waals surface area (Å²) in [5.74, 6) is 0.0142. The molecule has 5 nitrogen and oxygen atoms in total. The highest BCUT2D eigenvalue weighted by atomic mass is 79.9. The first kappa shape index (κ1) is 13.6. The molecule has 0 fully saturated rings. The van der Waals surface area contributed by atoms with Crippen LogP contribution in [0.1, 0.15) is 19.3 Å². The van der Waals surface area contributed by atoms with E-state index in [0.717, 1.165) is 0 Å². The predicted octanol–water partition coefficient (Wildman–Crippen LogP) is 2.13. The fourth-order valence-electron chi connectivity index (χ4n) is 1.18. The van der Waals surface area contributed by atoms with Gasteiger partial charge in [0.15, 0.2) is 0 Å². The Labute approximate surface area is 108 Å². The molecule has 1 heterocycles. The monoisotopic (exact) mass is 300 g/mol. The normalized spacial score (nSPS) is 9.76. The minimum atomic E-state index is -0.307. The molecular formula is C11H13BrN2O3. The number of carbonyl (C=O) groups excluding carboxylic acids is 2. The summed E-state index contributed by atoms with van der Waals surface area (Å²) in [6.45, 7) is 0. The van der Waals surface area contributed by atoms with Gasteiger partial charge in [0.1, 0.15) is 10.4 Å². The molecule has 0 aromatic carbocycles. The first-order valence-corrected chi connectivity index (χ1v) is 5.90. The van der Waals surface area contributed by atoms with Gasteiger partial charge in [0.05, 0.1) is 7.11 Å². The number of methoxy groups -OCH3 is 1. The summed E-state index contributed by atoms with van der Waals surface area (Å²) in [4.78, 5) is 26.4. The van der Waals surface area contributed by atoms with Crippen LogP contribution in [0.3, 0.4) is 0 Å². The highest BCUT2D eigenvalue weighted by molar-refractivity contribution is 9.10. The number of rotatable bonds is 5. The van der Waals surface area contributed by atoms with E-state index >= 15 is 0 Å². The third-order valence-corrected chi connectivity index (χ3v) is 2.44. The van der Waals surface area contributed by atoms with Crippen LogP contribution in [0.15, 0.2) is 22.8 Å². The maximum absolute atomic E-state index is 11.5. The molecule has 0 aliphatic carbocycles. The molecule has 92 valence electrons. The van der Waals surface area contributed by atoms with Crippen molar-refractivity contribution in [3.8, 4) is 0 Å². The van der Waals surface area contributed by atoms with E-state index in [1.165, 1.54) is 7.11 Å². The molecule has 0 saturated carbocycles. The van der Waals surface area contributed by atoms with Gasteiger partial charge in [-0.05, 0) is 34.5 Å². The molecule has 1 aromatic heterocycles. The van der Waals surface area contributed by atoms with Crippen molar-refractivity contribution in [2.24, 2.45) is 0 Å². The van der Waals surface area contributed by atoms with Crippen molar-refractivity contribution in [1.29, 1.82) is 0 Å². The lowest BCUT2D eigenvalue weighted by Crippen LogP contribution is -2.13. The fraction of sp³-hybridized carbons (Fsp3) is 0.364. The first-order chi connectivity index (χ1) is 8.11. The second-order valence-corrected chi connectivity index (χ2v) is 4.14. The van der Waals surface area contributed by atoms with Gasteiger partial charge < -0.3 is 10.1 Å². The SMILES string of the molecule is COC(=O)CCCC(=O)Nc1cccc(Br)n1. The molecule has 6 heteroatoms. The Hall–Kier alpha value is -1.43. The lowest BCUT2D eigenvalue weighted by Gasteiger charge is -2.04. The first-order valence-electron chi connectivity index (χ1n) is 5.11. The Morgan fingerprint density at radius 1 is 1.41 bits per heavy atom. The van der Waals surface area contributed by atoms with Crippen LogP contribution >= 0.6 is 15.9 Å². The molecule has 0 bridgehead atoms. The third-order valence-electron chi connectivity index (χ3n) is 2.00. The molecule has 0 atom stereocenters. The number of carbonyl (C=O) groups is 2. The van der Waals surface area contributed by atoms with Crippen LogP contribution in [0.4, 0.5) is 5.82 Å². The number of amides is 1. The van der Waals surface area contributed by atoms with Crippen LogP contribution in [0.5, 0.6) is 0 Å². The summed E-state index contributed by atoms with van der Waals surface area (Å²) in [5.41, 5.74) is 0. The van der Waals surface area contributed by atoms with E-state index in [2.05, 4.69) is 31.0 Å². The number of hydrogen-bond acceptors (Lipinski definition) is 4. The van der Waals surface area contributed by atoms with E-state index in [1.54, 1.807) is 18.2 Å². The number of aromatic nitrogens is 1. The molecule has 1 rings (SSSR count). The van der Waals surface area contributed by atoms with E-state index in [4.69, 9.17) is 0 Å². The number of pyridine rings is 1. The van der Waals surface area contributed by atoms with Gasteiger partial charge in [-0.15, -0.1) is 0 Å². The van der Waals surface area contributed by atoms with Gasteiger partial charge in [0.25, 0.3) is 0 Å². The van der Waals surface area contributed by atoms with Gasteiger partial charge in [0, 0.05) is 12.8 Å². The second kappa shape index (κ2) is 7.01. The number of nitrogens with zero attached hydrogens (tertiary/aromatic N) is 1. The van der Waals surface area contributed by atoms with Gasteiger partial charge in [-0.3, -0.25) is 9.59 Å². The summed E-state index contributed by atoms with van der Waals surface area (Å²) in [6, 6.07) is 5.25. The maximum Gasteiger partial charge on any atom is 0.305 e. The van der Waals surface area contributed by atoms with Gasteiger partial charge in [-0.2, -0.15) is 0 Å². The Kier molecular flexibility index (Phi) is 5.62. The number of esters is 1. The summed E-state index contributed by atoms with van der Waals surface area (Å²) in [7, 11) is 1.33. The Bertz CT molecular complexity index is 409. The zero-order valence-electron chi connectivity index (χ0n) is 9.40. The molecule has 0 spiro atoms. The van der Waals surface area contributed by atoms with Gasteiger partial charge >= 0.3 is 5.97 Å². The molecule has 0 aliphatic heterocycles. The maximum atomic E-state index is 11.5. The highest BCUT2D eigenvalue weighted by Gasteiger charge is 2.06. The van der Waals surface area contributed by atoms with Crippen LogP contribution in [-0.2, 0) is 14.3 Å². The van der Waals surface area contributed by atoms with Crippen molar-refractivity contribution in [2.45, 2.75) is 19.3 Å². The average Bonchev–Trinajstić information content (AvgIpc) is 2.28. The molecule has 0 unspecified atom stereocenters. The smallest absolute Gasteiger partial charge is 0.305 e. The number of ether oxygens (including phenoxy) is 1. The average molecular weight is 301 g/mol. The number of nitrogens with one attached hydrogen (secondary N) is 1. The van der Waals surface area contributed by atoms with Crippen molar-refractivity contribution in [1.82, 2.24) is 4.98 Å². The van der Waals surface area contributed by atoms with Gasteiger partial charge in [0.2, 0.25) is 5.91 Å². The van der Waals surface area contributed by atoms with E-state index in [1.807, 2.05) is 0 Å². The minimum absolute atomic E-state index is 0.167. The van der Waals surface area contributed by atoms with Gasteiger partial charge in [-0.25, -0.2) is 4.98 Å². The summed E-state index contributed by atoms with van der Waals surface area (Å²) >= 11 is 3.21. The van der Waals surface area contributed by atoms with Crippen molar-refractivity contribution >= 4 is 33.6 Å². The summed E-state index contributed by atoms with van der Waals surface area (Å²) in [6.07, 6.45) is 0.978. The van der Waals surface area contributed by atoms with E-state index in [9.17, 15) is 9.59 Å². The molecule has 0 saturated heterocycles. The van der Waals surface area contributed by atoms with Crippen molar-refractivity contribution in [2.75, 3.05) is 12.4 Å². The quantitative estimate of drug-likeness (QED) is 0.668. The lowest BCUT2D eigenvalue weighted by molar-refractivity contribution is -0.140. The zero-order chi connectivity index (χ0) is 12.7. The van der Waals surface area contributed by atoms with Crippen LogP contribution < -0.4 is 5.32 Å². The Morgan fingerprint density at radius 2 is 2.18 bits per heavy atom. The fourth-order valence-corrected chi connectivity index (χ4v) is 1.52. The molecule has 1 amide bonds. The predicted molar refractivity (Wildman–Crippen MR) is 66.4 cm³/mol. The van der Waals surface area contributed by atoms with Crippen LogP contribution in [-0.4, -0.2) is 24.0 Å². The number of anilines is 1. The van der Waals surface area contributed by atoms with Crippen LogP contribution in [0, 0.1) is 0 Å². The van der Waals surface area contributed by atoms with Gasteiger partial charge in [-0.1, -0.05) is 6.07 Å². The number of hydrogen-bond donors (Lipinski definition) is 1. The van der Waals surface area contributed by atoms with E-state index in [-0.39, 0.29) is 24.7 Å². The largest absolute Gasteiger partial charge is 0.469 e. The van der Waals surface area contributed by atoms with Crippen LogP contribution in [0.2, 0.25) is 0 Å². The van der Waals surface area contributed by atoms with E-state index < -0.39 is 0 Å². The minimum Gasteiger partial charge on any atom is -0.469 e. The molecule has 17 heavy (non-hydrogen) atoms. The summed E-state index contributed by atoms with van der Waals surface area (Å²) < 4.78 is 5.13. The standard InChI is InChI=1S/C11H13BrN2O3/c1-17-11(16)7-3-6-10(15)14-9-5-2-4-8(12)13-9/h2,4-5H,3,6-7H2,1H3,(H,13,14,15). The lowest BCUT2D eigenvalue weighted by atomic mass is 10.2. The Balaban J connectivity index is 2.32. The van der Waals surface area contributed by atoms with Crippen molar-refractivity contribution in [3.05, 3.63) is 22.8 Å². The number of halogens is 1. The third kappa shape index (κ3) is 5.44.